The first-order valence-corrected chi connectivity index (χ1v) is 6.75. The topological polar surface area (TPSA) is 21.3 Å². The molecule has 2 aromatic carbocycles. The molecular formula is C16H17ClFNO. The van der Waals surface area contributed by atoms with Crippen molar-refractivity contribution in [3.05, 3.63) is 52.8 Å². The lowest BCUT2D eigenvalue weighted by atomic mass is 10.00. The molecule has 0 spiro atoms. The minimum absolute atomic E-state index is 0.203. The highest BCUT2D eigenvalue weighted by Crippen LogP contribution is 2.32. The summed E-state index contributed by atoms with van der Waals surface area (Å²) >= 11 is 6.23. The summed E-state index contributed by atoms with van der Waals surface area (Å²) in [6, 6.07) is 10.8. The summed E-state index contributed by atoms with van der Waals surface area (Å²) < 4.78 is 18.7. The second-order valence-electron chi connectivity index (χ2n) is 4.60. The van der Waals surface area contributed by atoms with Gasteiger partial charge in [0.1, 0.15) is 0 Å². The smallest absolute Gasteiger partial charge is 0.165 e. The lowest BCUT2D eigenvalue weighted by Crippen LogP contribution is -2.12. The van der Waals surface area contributed by atoms with Crippen LogP contribution in [0.2, 0.25) is 5.02 Å². The third-order valence-electron chi connectivity index (χ3n) is 3.39. The number of hydrogen-bond donors (Lipinski definition) is 1. The zero-order chi connectivity index (χ0) is 14.7. The molecule has 2 rings (SSSR count). The Morgan fingerprint density at radius 3 is 2.55 bits per heavy atom. The van der Waals surface area contributed by atoms with Gasteiger partial charge in [-0.3, -0.25) is 0 Å². The van der Waals surface area contributed by atoms with E-state index in [0.717, 1.165) is 16.7 Å². The average Bonchev–Trinajstić information content (AvgIpc) is 2.46. The predicted octanol–water partition coefficient (Wildman–Crippen LogP) is 4.44. The molecule has 106 valence electrons. The molecule has 4 heteroatoms. The van der Waals surface area contributed by atoms with Crippen LogP contribution in [0.15, 0.2) is 36.4 Å². The molecule has 2 aromatic rings. The van der Waals surface area contributed by atoms with E-state index in [9.17, 15) is 4.39 Å². The Hall–Kier alpha value is -1.58. The number of nitrogens with one attached hydrogen (secondary N) is 1. The third kappa shape index (κ3) is 2.94. The highest BCUT2D eigenvalue weighted by atomic mass is 35.5. The molecule has 1 unspecified atom stereocenters. The van der Waals surface area contributed by atoms with Gasteiger partial charge < -0.3 is 10.1 Å². The van der Waals surface area contributed by atoms with Crippen molar-refractivity contribution < 1.29 is 9.13 Å². The van der Waals surface area contributed by atoms with Crippen LogP contribution >= 0.6 is 11.6 Å². The van der Waals surface area contributed by atoms with Crippen molar-refractivity contribution >= 4 is 11.6 Å². The lowest BCUT2D eigenvalue weighted by Gasteiger charge is -2.14. The molecule has 2 nitrogen and oxygen atoms in total. The van der Waals surface area contributed by atoms with Gasteiger partial charge in [-0.2, -0.15) is 0 Å². The molecule has 0 amide bonds. The predicted molar refractivity (Wildman–Crippen MR) is 80.9 cm³/mol. The Balaban J connectivity index is 2.48. The van der Waals surface area contributed by atoms with E-state index in [0.29, 0.717) is 5.02 Å². The molecule has 0 aliphatic heterocycles. The minimum atomic E-state index is -0.395. The van der Waals surface area contributed by atoms with Crippen LogP contribution in [-0.2, 0) is 0 Å². The first-order chi connectivity index (χ1) is 9.56. The molecule has 0 saturated heterocycles. The SMILES string of the molecule is CNC(C)c1ccc(Cl)c(-c2ccc(OC)c(F)c2)c1. The van der Waals surface area contributed by atoms with E-state index in [1.54, 1.807) is 12.1 Å². The zero-order valence-electron chi connectivity index (χ0n) is 11.7. The van der Waals surface area contributed by atoms with Gasteiger partial charge in [0.05, 0.1) is 7.11 Å². The monoisotopic (exact) mass is 293 g/mol. The van der Waals surface area contributed by atoms with Crippen LogP contribution in [0.3, 0.4) is 0 Å². The summed E-state index contributed by atoms with van der Waals surface area (Å²) in [4.78, 5) is 0. The largest absolute Gasteiger partial charge is 0.494 e. The maximum Gasteiger partial charge on any atom is 0.165 e. The number of benzene rings is 2. The van der Waals surface area contributed by atoms with Crippen LogP contribution in [0, 0.1) is 5.82 Å². The van der Waals surface area contributed by atoms with E-state index in [2.05, 4.69) is 12.2 Å². The Kier molecular flexibility index (Phi) is 4.63. The van der Waals surface area contributed by atoms with E-state index in [4.69, 9.17) is 16.3 Å². The van der Waals surface area contributed by atoms with E-state index >= 15 is 0 Å². The van der Waals surface area contributed by atoms with Crippen LogP contribution in [0.5, 0.6) is 5.75 Å². The minimum Gasteiger partial charge on any atom is -0.494 e. The highest BCUT2D eigenvalue weighted by Gasteiger charge is 2.11. The molecule has 0 fully saturated rings. The quantitative estimate of drug-likeness (QED) is 0.900. The number of methoxy groups -OCH3 is 1. The standard InChI is InChI=1S/C16H17ClFNO/c1-10(19-2)11-4-6-14(17)13(8-11)12-5-7-16(20-3)15(18)9-12/h4-10,19H,1-3H3. The second kappa shape index (κ2) is 6.25. The summed E-state index contributed by atoms with van der Waals surface area (Å²) in [7, 11) is 3.34. The molecule has 1 N–H and O–H groups in total. The molecule has 0 bridgehead atoms. The van der Waals surface area contributed by atoms with Crippen molar-refractivity contribution in [1.29, 1.82) is 0 Å². The molecule has 0 radical (unpaired) electrons. The first kappa shape index (κ1) is 14.8. The molecule has 0 aromatic heterocycles. The molecule has 0 aliphatic rings. The highest BCUT2D eigenvalue weighted by molar-refractivity contribution is 6.33. The molecular weight excluding hydrogens is 277 g/mol. The maximum absolute atomic E-state index is 13.8. The van der Waals surface area contributed by atoms with Gasteiger partial charge in [0.2, 0.25) is 0 Å². The van der Waals surface area contributed by atoms with Crippen LogP contribution < -0.4 is 10.1 Å². The van der Waals surface area contributed by atoms with Crippen molar-refractivity contribution in [1.82, 2.24) is 5.32 Å². The molecule has 0 aliphatic carbocycles. The summed E-state index contributed by atoms with van der Waals surface area (Å²) in [5, 5.41) is 3.77. The van der Waals surface area contributed by atoms with Crippen molar-refractivity contribution in [2.75, 3.05) is 14.2 Å². The van der Waals surface area contributed by atoms with Gasteiger partial charge in [0, 0.05) is 16.6 Å². The van der Waals surface area contributed by atoms with Crippen LogP contribution in [0.25, 0.3) is 11.1 Å². The number of rotatable bonds is 4. The van der Waals surface area contributed by atoms with Crippen molar-refractivity contribution in [3.63, 3.8) is 0 Å². The van der Waals surface area contributed by atoms with Crippen LogP contribution in [0.1, 0.15) is 18.5 Å². The van der Waals surface area contributed by atoms with Crippen molar-refractivity contribution in [3.8, 4) is 16.9 Å². The maximum atomic E-state index is 13.8. The van der Waals surface area contributed by atoms with Crippen LogP contribution in [0.4, 0.5) is 4.39 Å². The fourth-order valence-corrected chi connectivity index (χ4v) is 2.26. The van der Waals surface area contributed by atoms with Gasteiger partial charge >= 0.3 is 0 Å². The Bertz CT molecular complexity index is 615. The van der Waals surface area contributed by atoms with Crippen LogP contribution in [-0.4, -0.2) is 14.2 Å². The molecule has 1 atom stereocenters. The summed E-state index contributed by atoms with van der Waals surface area (Å²) in [5.74, 6) is -0.169. The second-order valence-corrected chi connectivity index (χ2v) is 5.01. The van der Waals surface area contributed by atoms with Gasteiger partial charge in [-0.15, -0.1) is 0 Å². The summed E-state index contributed by atoms with van der Waals surface area (Å²) in [5.41, 5.74) is 2.65. The Morgan fingerprint density at radius 1 is 1.20 bits per heavy atom. The zero-order valence-corrected chi connectivity index (χ0v) is 12.5. The fourth-order valence-electron chi connectivity index (χ4n) is 2.03. The van der Waals surface area contributed by atoms with Gasteiger partial charge in [-0.1, -0.05) is 23.7 Å². The van der Waals surface area contributed by atoms with E-state index in [-0.39, 0.29) is 11.8 Å². The average molecular weight is 294 g/mol. The van der Waals surface area contributed by atoms with Gasteiger partial charge in [0.15, 0.2) is 11.6 Å². The van der Waals surface area contributed by atoms with Crippen molar-refractivity contribution in [2.45, 2.75) is 13.0 Å². The van der Waals surface area contributed by atoms with E-state index < -0.39 is 5.82 Å². The number of halogens is 2. The normalized spacial score (nSPS) is 12.2. The molecule has 20 heavy (non-hydrogen) atoms. The number of hydrogen-bond acceptors (Lipinski definition) is 2. The summed E-state index contributed by atoms with van der Waals surface area (Å²) in [6.07, 6.45) is 0. The van der Waals surface area contributed by atoms with E-state index in [1.807, 2.05) is 25.2 Å². The van der Waals surface area contributed by atoms with Crippen molar-refractivity contribution in [2.24, 2.45) is 0 Å². The first-order valence-electron chi connectivity index (χ1n) is 6.37. The van der Waals surface area contributed by atoms with Gasteiger partial charge in [-0.25, -0.2) is 4.39 Å². The molecule has 0 saturated carbocycles. The summed E-state index contributed by atoms with van der Waals surface area (Å²) in [6.45, 7) is 2.06. The number of ether oxygens (including phenoxy) is 1. The van der Waals surface area contributed by atoms with Gasteiger partial charge in [-0.05, 0) is 49.4 Å². The third-order valence-corrected chi connectivity index (χ3v) is 3.72. The van der Waals surface area contributed by atoms with Gasteiger partial charge in [0.25, 0.3) is 0 Å². The fraction of sp³-hybridized carbons (Fsp3) is 0.250. The Morgan fingerprint density at radius 2 is 1.95 bits per heavy atom. The van der Waals surface area contributed by atoms with E-state index in [1.165, 1.54) is 13.2 Å². The Labute approximate surface area is 123 Å². The molecule has 0 heterocycles. The lowest BCUT2D eigenvalue weighted by molar-refractivity contribution is 0.386.